The fourth-order valence-electron chi connectivity index (χ4n) is 5.75. The third kappa shape index (κ3) is 6.07. The Balaban J connectivity index is 1.32. The van der Waals surface area contributed by atoms with E-state index in [2.05, 4.69) is 45.6 Å². The highest BCUT2D eigenvalue weighted by atomic mass is 16.6. The van der Waals surface area contributed by atoms with Gasteiger partial charge in [0, 0.05) is 61.2 Å². The molecule has 2 aliphatic heterocycles. The lowest BCUT2D eigenvalue weighted by atomic mass is 10.0. The van der Waals surface area contributed by atoms with Gasteiger partial charge in [-0.25, -0.2) is 9.48 Å². The molecule has 0 spiro atoms. The maximum atomic E-state index is 12.4. The second-order valence-electron chi connectivity index (χ2n) is 12.1. The molecule has 0 saturated carbocycles. The zero-order valence-electron chi connectivity index (χ0n) is 24.3. The monoisotopic (exact) mass is 557 g/mol. The fourth-order valence-corrected chi connectivity index (χ4v) is 5.75. The molecule has 3 aromatic heterocycles. The molecule has 41 heavy (non-hydrogen) atoms. The number of alkyl carbamates (subject to hydrolysis) is 1. The number of pyridine rings is 1. The van der Waals surface area contributed by atoms with Gasteiger partial charge in [-0.1, -0.05) is 12.1 Å². The summed E-state index contributed by atoms with van der Waals surface area (Å²) in [7, 11) is 1.91. The van der Waals surface area contributed by atoms with Gasteiger partial charge in [0.1, 0.15) is 11.3 Å². The number of nitrogens with one attached hydrogen (secondary N) is 1. The standard InChI is InChI=1S/C31H39N7O3/c1-31(2,3)41-30(39)34-23-10-8-13-37(20-23)24-11-7-9-21(15-24)29-25-16-26(22-17-33-36(4)19-22)32-18-27(25)38(35-29)28-12-5-6-14-40-28/h7,9,11,15-19,23,28H,5-6,8,10,12-14,20H2,1-4H3,(H,34,39). The van der Waals surface area contributed by atoms with Crippen LogP contribution < -0.4 is 10.2 Å². The van der Waals surface area contributed by atoms with E-state index >= 15 is 0 Å². The van der Waals surface area contributed by atoms with Gasteiger partial charge in [0.2, 0.25) is 0 Å². The van der Waals surface area contributed by atoms with Crippen molar-refractivity contribution in [2.24, 2.45) is 7.05 Å². The minimum atomic E-state index is -0.520. The molecule has 10 heteroatoms. The van der Waals surface area contributed by atoms with Gasteiger partial charge in [-0.05, 0) is 71.1 Å². The summed E-state index contributed by atoms with van der Waals surface area (Å²) in [5, 5.41) is 13.6. The van der Waals surface area contributed by atoms with Crippen molar-refractivity contribution in [2.45, 2.75) is 70.7 Å². The number of aryl methyl sites for hydroxylation is 1. The second-order valence-corrected chi connectivity index (χ2v) is 12.1. The number of anilines is 1. The van der Waals surface area contributed by atoms with Crippen LogP contribution in [0.4, 0.5) is 10.5 Å². The third-order valence-corrected chi connectivity index (χ3v) is 7.65. The SMILES string of the molecule is Cn1cc(-c2cc3c(-c4cccc(N5CCCC(NC(=O)OC(C)(C)C)C5)c4)nn(C4CCCCO4)c3cn2)cn1. The summed E-state index contributed by atoms with van der Waals surface area (Å²) in [6, 6.07) is 10.7. The van der Waals surface area contributed by atoms with Crippen LogP contribution in [0.2, 0.25) is 0 Å². The van der Waals surface area contributed by atoms with E-state index in [1.807, 2.05) is 51.1 Å². The van der Waals surface area contributed by atoms with Crippen LogP contribution in [0.25, 0.3) is 33.4 Å². The van der Waals surface area contributed by atoms with E-state index in [-0.39, 0.29) is 18.4 Å². The molecule has 2 aliphatic rings. The Bertz CT molecular complexity index is 1530. The van der Waals surface area contributed by atoms with Crippen LogP contribution in [-0.4, -0.2) is 62.0 Å². The Morgan fingerprint density at radius 1 is 1.10 bits per heavy atom. The van der Waals surface area contributed by atoms with Crippen molar-refractivity contribution in [1.82, 2.24) is 29.9 Å². The number of carbonyl (C=O) groups excluding carboxylic acids is 1. The van der Waals surface area contributed by atoms with E-state index in [0.717, 1.165) is 90.9 Å². The molecule has 216 valence electrons. The molecular weight excluding hydrogens is 518 g/mol. The van der Waals surface area contributed by atoms with Gasteiger partial charge >= 0.3 is 6.09 Å². The molecule has 0 aliphatic carbocycles. The maximum Gasteiger partial charge on any atom is 0.407 e. The Hall–Kier alpha value is -3.92. The molecule has 2 atom stereocenters. The topological polar surface area (TPSA) is 99.3 Å². The predicted molar refractivity (Wildman–Crippen MR) is 159 cm³/mol. The number of aromatic nitrogens is 5. The van der Waals surface area contributed by atoms with Crippen molar-refractivity contribution in [3.63, 3.8) is 0 Å². The normalized spacial score (nSPS) is 19.9. The number of nitrogens with zero attached hydrogens (tertiary/aromatic N) is 6. The van der Waals surface area contributed by atoms with Gasteiger partial charge < -0.3 is 19.7 Å². The van der Waals surface area contributed by atoms with E-state index in [4.69, 9.17) is 19.6 Å². The summed E-state index contributed by atoms with van der Waals surface area (Å²) in [5.74, 6) is 0. The molecule has 0 radical (unpaired) electrons. The van der Waals surface area contributed by atoms with E-state index in [9.17, 15) is 4.79 Å². The molecule has 6 rings (SSSR count). The maximum absolute atomic E-state index is 12.4. The van der Waals surface area contributed by atoms with Crippen LogP contribution in [0.3, 0.4) is 0 Å². The predicted octanol–water partition coefficient (Wildman–Crippen LogP) is 5.69. The van der Waals surface area contributed by atoms with Gasteiger partial charge in [-0.2, -0.15) is 10.2 Å². The molecule has 2 saturated heterocycles. The number of hydrogen-bond acceptors (Lipinski definition) is 7. The molecule has 2 fully saturated rings. The Morgan fingerprint density at radius 3 is 2.73 bits per heavy atom. The molecular formula is C31H39N7O3. The molecule has 1 aromatic carbocycles. The number of fused-ring (bicyclic) bond motifs is 1. The first-order valence-electron chi connectivity index (χ1n) is 14.6. The molecule has 0 bridgehead atoms. The Kier molecular flexibility index (Phi) is 7.42. The van der Waals surface area contributed by atoms with Crippen molar-refractivity contribution in [3.05, 3.63) is 48.9 Å². The molecule has 10 nitrogen and oxygen atoms in total. The van der Waals surface area contributed by atoms with Crippen molar-refractivity contribution in [3.8, 4) is 22.5 Å². The van der Waals surface area contributed by atoms with Crippen LogP contribution in [0.5, 0.6) is 0 Å². The number of piperidine rings is 1. The third-order valence-electron chi connectivity index (χ3n) is 7.65. The van der Waals surface area contributed by atoms with Gasteiger partial charge in [-0.3, -0.25) is 9.67 Å². The zero-order valence-corrected chi connectivity index (χ0v) is 24.3. The molecule has 2 unspecified atom stereocenters. The Morgan fingerprint density at radius 2 is 1.98 bits per heavy atom. The second kappa shape index (κ2) is 11.2. The summed E-state index contributed by atoms with van der Waals surface area (Å²) in [6.45, 7) is 8.04. The fraction of sp³-hybridized carbons (Fsp3) is 0.484. The van der Waals surface area contributed by atoms with Crippen molar-refractivity contribution in [1.29, 1.82) is 0 Å². The van der Waals surface area contributed by atoms with E-state index in [1.54, 1.807) is 4.68 Å². The van der Waals surface area contributed by atoms with Crippen molar-refractivity contribution < 1.29 is 14.3 Å². The molecule has 1 amide bonds. The van der Waals surface area contributed by atoms with Crippen LogP contribution >= 0.6 is 0 Å². The number of benzene rings is 1. The lowest BCUT2D eigenvalue weighted by molar-refractivity contribution is -0.0365. The summed E-state index contributed by atoms with van der Waals surface area (Å²) < 4.78 is 15.4. The largest absolute Gasteiger partial charge is 0.444 e. The van der Waals surface area contributed by atoms with E-state index in [1.165, 1.54) is 0 Å². The first-order valence-corrected chi connectivity index (χ1v) is 14.6. The van der Waals surface area contributed by atoms with Crippen LogP contribution in [0, 0.1) is 0 Å². The summed E-state index contributed by atoms with van der Waals surface area (Å²) >= 11 is 0. The molecule has 4 aromatic rings. The first-order chi connectivity index (χ1) is 19.7. The van der Waals surface area contributed by atoms with Crippen molar-refractivity contribution >= 4 is 22.7 Å². The highest BCUT2D eigenvalue weighted by Crippen LogP contribution is 2.36. The Labute approximate surface area is 240 Å². The van der Waals surface area contributed by atoms with E-state index in [0.29, 0.717) is 0 Å². The quantitative estimate of drug-likeness (QED) is 0.336. The average Bonchev–Trinajstić information content (AvgIpc) is 3.56. The lowest BCUT2D eigenvalue weighted by Crippen LogP contribution is -2.49. The van der Waals surface area contributed by atoms with Crippen LogP contribution in [0.15, 0.2) is 48.9 Å². The summed E-state index contributed by atoms with van der Waals surface area (Å²) in [6.07, 6.45) is 10.3. The highest BCUT2D eigenvalue weighted by Gasteiger charge is 2.26. The van der Waals surface area contributed by atoms with Crippen LogP contribution in [-0.2, 0) is 16.5 Å². The number of ether oxygens (including phenoxy) is 2. The number of hydrogen-bond donors (Lipinski definition) is 1. The number of amides is 1. The first kappa shape index (κ1) is 27.3. The average molecular weight is 558 g/mol. The minimum Gasteiger partial charge on any atom is -0.444 e. The summed E-state index contributed by atoms with van der Waals surface area (Å²) in [5.41, 5.74) is 5.32. The minimum absolute atomic E-state index is 0.0267. The molecule has 5 heterocycles. The van der Waals surface area contributed by atoms with Gasteiger partial charge in [0.15, 0.2) is 6.23 Å². The van der Waals surface area contributed by atoms with Gasteiger partial charge in [0.25, 0.3) is 0 Å². The smallest absolute Gasteiger partial charge is 0.407 e. The number of carbonyl (C=O) groups is 1. The lowest BCUT2D eigenvalue weighted by Gasteiger charge is -2.35. The zero-order chi connectivity index (χ0) is 28.6. The van der Waals surface area contributed by atoms with E-state index < -0.39 is 5.60 Å². The van der Waals surface area contributed by atoms with Gasteiger partial charge in [0.05, 0.1) is 23.6 Å². The molecule has 1 N–H and O–H groups in total. The summed E-state index contributed by atoms with van der Waals surface area (Å²) in [4.78, 5) is 19.5. The highest BCUT2D eigenvalue weighted by molar-refractivity contribution is 5.95. The van der Waals surface area contributed by atoms with Crippen molar-refractivity contribution in [2.75, 3.05) is 24.6 Å². The van der Waals surface area contributed by atoms with Crippen LogP contribution in [0.1, 0.15) is 59.1 Å². The number of rotatable bonds is 5. The van der Waals surface area contributed by atoms with Gasteiger partial charge in [-0.15, -0.1) is 0 Å².